The van der Waals surface area contributed by atoms with Gasteiger partial charge in [0.05, 0.1) is 0 Å². The molecule has 2 unspecified atom stereocenters. The average Bonchev–Trinajstić information content (AvgIpc) is 3.05. The Labute approximate surface area is 144 Å². The summed E-state index contributed by atoms with van der Waals surface area (Å²) in [5.74, 6) is 1.62. The van der Waals surface area contributed by atoms with Crippen LogP contribution in [0.3, 0.4) is 0 Å². The van der Waals surface area contributed by atoms with E-state index in [-0.39, 0.29) is 5.82 Å². The molecule has 1 aliphatic heterocycles. The van der Waals surface area contributed by atoms with E-state index in [1.54, 1.807) is 12.1 Å². The lowest BCUT2D eigenvalue weighted by molar-refractivity contribution is -0.141. The van der Waals surface area contributed by atoms with Crippen LogP contribution in [0.25, 0.3) is 11.4 Å². The van der Waals surface area contributed by atoms with Crippen LogP contribution in [0.15, 0.2) is 30.6 Å². The van der Waals surface area contributed by atoms with Crippen molar-refractivity contribution >= 4 is 5.82 Å². The van der Waals surface area contributed by atoms with E-state index in [0.717, 1.165) is 32.0 Å². The van der Waals surface area contributed by atoms with E-state index in [2.05, 4.69) is 15.0 Å². The van der Waals surface area contributed by atoms with Gasteiger partial charge in [-0.05, 0) is 36.8 Å². The molecule has 0 amide bonds. The summed E-state index contributed by atoms with van der Waals surface area (Å²) in [6.45, 7) is 1.57. The van der Waals surface area contributed by atoms with Gasteiger partial charge in [-0.15, -0.1) is 0 Å². The number of halogens is 3. The van der Waals surface area contributed by atoms with Gasteiger partial charge in [0, 0.05) is 37.1 Å². The van der Waals surface area contributed by atoms with Crippen LogP contribution in [-0.4, -0.2) is 28.0 Å². The summed E-state index contributed by atoms with van der Waals surface area (Å²) in [6.07, 6.45) is 3.33. The topological polar surface area (TPSA) is 41.9 Å². The first-order valence-corrected chi connectivity index (χ1v) is 8.62. The van der Waals surface area contributed by atoms with Crippen molar-refractivity contribution in [1.82, 2.24) is 15.0 Å². The van der Waals surface area contributed by atoms with Crippen LogP contribution in [0.4, 0.5) is 19.0 Å². The molecule has 0 N–H and O–H groups in total. The van der Waals surface area contributed by atoms with Crippen LogP contribution in [0, 0.1) is 11.8 Å². The van der Waals surface area contributed by atoms with Crippen LogP contribution in [0.1, 0.15) is 31.4 Å². The minimum atomic E-state index is -4.49. The molecule has 0 bridgehead atoms. The largest absolute Gasteiger partial charge is 0.433 e. The van der Waals surface area contributed by atoms with Crippen molar-refractivity contribution in [1.29, 1.82) is 0 Å². The minimum Gasteiger partial charge on any atom is -0.356 e. The highest BCUT2D eigenvalue weighted by molar-refractivity contribution is 5.57. The molecule has 2 aliphatic rings. The lowest BCUT2D eigenvalue weighted by Gasteiger charge is -2.22. The first-order valence-electron chi connectivity index (χ1n) is 8.62. The Hall–Kier alpha value is -2.18. The van der Waals surface area contributed by atoms with Crippen molar-refractivity contribution in [2.24, 2.45) is 11.8 Å². The molecule has 2 aromatic heterocycles. The number of hydrogen-bond donors (Lipinski definition) is 0. The number of nitrogens with zero attached hydrogens (tertiary/aromatic N) is 4. The lowest BCUT2D eigenvalue weighted by Crippen LogP contribution is -2.23. The fraction of sp³-hybridized carbons (Fsp3) is 0.500. The van der Waals surface area contributed by atoms with Crippen molar-refractivity contribution in [2.45, 2.75) is 31.9 Å². The second kappa shape index (κ2) is 6.28. The molecular formula is C18H19F3N4. The smallest absolute Gasteiger partial charge is 0.356 e. The molecule has 1 aliphatic carbocycles. The van der Waals surface area contributed by atoms with Crippen LogP contribution < -0.4 is 4.90 Å². The Kier molecular flexibility index (Phi) is 4.09. The van der Waals surface area contributed by atoms with E-state index in [4.69, 9.17) is 0 Å². The zero-order chi connectivity index (χ0) is 17.4. The van der Waals surface area contributed by atoms with Crippen LogP contribution in [-0.2, 0) is 6.18 Å². The Balaban J connectivity index is 1.72. The molecule has 4 rings (SSSR count). The quantitative estimate of drug-likeness (QED) is 0.816. The molecule has 3 heterocycles. The number of fused-ring (bicyclic) bond motifs is 1. The highest BCUT2D eigenvalue weighted by Crippen LogP contribution is 2.39. The van der Waals surface area contributed by atoms with E-state index in [1.165, 1.54) is 25.2 Å². The molecule has 0 aromatic carbocycles. The molecule has 132 valence electrons. The van der Waals surface area contributed by atoms with Crippen LogP contribution in [0.2, 0.25) is 0 Å². The monoisotopic (exact) mass is 348 g/mol. The summed E-state index contributed by atoms with van der Waals surface area (Å²) < 4.78 is 40.0. The summed E-state index contributed by atoms with van der Waals surface area (Å²) in [7, 11) is 0. The SMILES string of the molecule is FC(F)(F)c1cc(N2CC3CCCCC3C2)nc(-c2ccncc2)n1. The maximum absolute atomic E-state index is 13.3. The third-order valence-electron chi connectivity index (χ3n) is 5.24. The summed E-state index contributed by atoms with van der Waals surface area (Å²) >= 11 is 0. The minimum absolute atomic E-state index is 0.0992. The van der Waals surface area contributed by atoms with Crippen molar-refractivity contribution < 1.29 is 13.2 Å². The first kappa shape index (κ1) is 16.3. The van der Waals surface area contributed by atoms with Gasteiger partial charge in [0.15, 0.2) is 11.5 Å². The fourth-order valence-electron chi connectivity index (χ4n) is 3.96. The molecule has 0 spiro atoms. The molecule has 1 saturated carbocycles. The number of anilines is 1. The zero-order valence-corrected chi connectivity index (χ0v) is 13.7. The Morgan fingerprint density at radius 1 is 0.960 bits per heavy atom. The molecule has 4 nitrogen and oxygen atoms in total. The Morgan fingerprint density at radius 3 is 2.20 bits per heavy atom. The Bertz CT molecular complexity index is 734. The summed E-state index contributed by atoms with van der Waals surface area (Å²) in [5, 5.41) is 0. The van der Waals surface area contributed by atoms with Gasteiger partial charge in [-0.2, -0.15) is 13.2 Å². The zero-order valence-electron chi connectivity index (χ0n) is 13.7. The highest BCUT2D eigenvalue weighted by Gasteiger charge is 2.38. The van der Waals surface area contributed by atoms with Crippen LogP contribution >= 0.6 is 0 Å². The van der Waals surface area contributed by atoms with Gasteiger partial charge in [0.25, 0.3) is 0 Å². The fourth-order valence-corrected chi connectivity index (χ4v) is 3.96. The van der Waals surface area contributed by atoms with E-state index < -0.39 is 11.9 Å². The first-order chi connectivity index (χ1) is 12.0. The van der Waals surface area contributed by atoms with Gasteiger partial charge in [0.1, 0.15) is 5.82 Å². The molecular weight excluding hydrogens is 329 g/mol. The van der Waals surface area contributed by atoms with Gasteiger partial charge in [-0.25, -0.2) is 9.97 Å². The van der Waals surface area contributed by atoms with Gasteiger partial charge in [0.2, 0.25) is 0 Å². The number of aromatic nitrogens is 3. The predicted octanol–water partition coefficient (Wildman–Crippen LogP) is 4.18. The normalized spacial score (nSPS) is 23.6. The molecule has 0 radical (unpaired) electrons. The molecule has 25 heavy (non-hydrogen) atoms. The van der Waals surface area contributed by atoms with E-state index in [0.29, 0.717) is 23.2 Å². The van der Waals surface area contributed by atoms with Crippen LogP contribution in [0.5, 0.6) is 0 Å². The maximum atomic E-state index is 13.3. The van der Waals surface area contributed by atoms with E-state index in [9.17, 15) is 13.2 Å². The molecule has 1 saturated heterocycles. The molecule has 2 fully saturated rings. The summed E-state index contributed by atoms with van der Waals surface area (Å²) in [4.78, 5) is 14.1. The highest BCUT2D eigenvalue weighted by atomic mass is 19.4. The van der Waals surface area contributed by atoms with E-state index in [1.807, 2.05) is 4.90 Å². The van der Waals surface area contributed by atoms with E-state index >= 15 is 0 Å². The van der Waals surface area contributed by atoms with Crippen molar-refractivity contribution in [3.05, 3.63) is 36.3 Å². The molecule has 2 aromatic rings. The van der Waals surface area contributed by atoms with Crippen molar-refractivity contribution in [2.75, 3.05) is 18.0 Å². The predicted molar refractivity (Wildman–Crippen MR) is 87.9 cm³/mol. The van der Waals surface area contributed by atoms with Gasteiger partial charge in [-0.3, -0.25) is 4.98 Å². The van der Waals surface area contributed by atoms with Crippen molar-refractivity contribution in [3.63, 3.8) is 0 Å². The van der Waals surface area contributed by atoms with Gasteiger partial charge >= 0.3 is 6.18 Å². The van der Waals surface area contributed by atoms with Gasteiger partial charge in [-0.1, -0.05) is 12.8 Å². The lowest BCUT2D eigenvalue weighted by atomic mass is 9.82. The standard InChI is InChI=1S/C18H19F3N4/c19-18(20,21)15-9-16(24-17(23-15)12-5-7-22-8-6-12)25-10-13-3-1-2-4-14(13)11-25/h5-9,13-14H,1-4,10-11H2. The third-order valence-corrected chi connectivity index (χ3v) is 5.24. The third kappa shape index (κ3) is 3.32. The summed E-state index contributed by atoms with van der Waals surface area (Å²) in [5.41, 5.74) is -0.349. The average molecular weight is 348 g/mol. The molecule has 2 atom stereocenters. The Morgan fingerprint density at radius 2 is 1.60 bits per heavy atom. The summed E-state index contributed by atoms with van der Waals surface area (Å²) in [6, 6.07) is 4.34. The number of alkyl halides is 3. The molecule has 7 heteroatoms. The second-order valence-corrected chi connectivity index (χ2v) is 6.88. The number of pyridine rings is 1. The van der Waals surface area contributed by atoms with Crippen molar-refractivity contribution in [3.8, 4) is 11.4 Å². The second-order valence-electron chi connectivity index (χ2n) is 6.88. The maximum Gasteiger partial charge on any atom is 0.433 e. The number of rotatable bonds is 2. The number of hydrogen-bond acceptors (Lipinski definition) is 4. The van der Waals surface area contributed by atoms with Gasteiger partial charge < -0.3 is 4.90 Å².